The van der Waals surface area contributed by atoms with E-state index in [-0.39, 0.29) is 18.1 Å². The molecular weight excluding hydrogens is 406 g/mol. The molecule has 1 fully saturated rings. The first-order valence-electron chi connectivity index (χ1n) is 11.0. The summed E-state index contributed by atoms with van der Waals surface area (Å²) < 4.78 is 11.2. The molecule has 0 saturated heterocycles. The number of hydrogen-bond donors (Lipinski definition) is 1. The Hall–Kier alpha value is -3.41. The molecule has 2 aliphatic rings. The van der Waals surface area contributed by atoms with Gasteiger partial charge >= 0.3 is 5.97 Å². The lowest BCUT2D eigenvalue weighted by atomic mass is 9.69. The molecule has 1 saturated carbocycles. The van der Waals surface area contributed by atoms with Crippen molar-refractivity contribution >= 4 is 17.5 Å². The maximum absolute atomic E-state index is 13.3. The summed E-state index contributed by atoms with van der Waals surface area (Å²) in [6.07, 6.45) is 1.96. The molecule has 6 heteroatoms. The largest absolute Gasteiger partial charge is 0.504 e. The maximum Gasteiger partial charge on any atom is 0.336 e. The molecular formula is C26H27NO5. The molecule has 2 aromatic rings. The number of allylic oxidation sites excluding steroid dienone is 1. The summed E-state index contributed by atoms with van der Waals surface area (Å²) in [5, 5.41) is 10.2. The highest BCUT2D eigenvalue weighted by Gasteiger charge is 2.44. The molecule has 1 heterocycles. The van der Waals surface area contributed by atoms with Crippen LogP contribution in [0, 0.1) is 5.92 Å². The van der Waals surface area contributed by atoms with Crippen LogP contribution in [0.25, 0.3) is 0 Å². The predicted molar refractivity (Wildman–Crippen MR) is 121 cm³/mol. The molecule has 0 amide bonds. The normalized spacial score (nSPS) is 20.4. The van der Waals surface area contributed by atoms with Crippen molar-refractivity contribution < 1.29 is 24.2 Å². The van der Waals surface area contributed by atoms with Gasteiger partial charge in [-0.15, -0.1) is 0 Å². The van der Waals surface area contributed by atoms with E-state index >= 15 is 0 Å². The van der Waals surface area contributed by atoms with Crippen molar-refractivity contribution in [2.75, 3.05) is 6.61 Å². The van der Waals surface area contributed by atoms with Gasteiger partial charge in [-0.1, -0.05) is 36.4 Å². The second kappa shape index (κ2) is 9.39. The third-order valence-corrected chi connectivity index (χ3v) is 5.98. The van der Waals surface area contributed by atoms with Crippen molar-refractivity contribution in [2.24, 2.45) is 10.9 Å². The van der Waals surface area contributed by atoms with Gasteiger partial charge in [0.05, 0.1) is 18.1 Å². The van der Waals surface area contributed by atoms with Crippen LogP contribution in [0.15, 0.2) is 64.8 Å². The molecule has 166 valence electrons. The van der Waals surface area contributed by atoms with Crippen molar-refractivity contribution in [3.8, 4) is 11.5 Å². The van der Waals surface area contributed by atoms with Gasteiger partial charge in [0, 0.05) is 23.7 Å². The van der Waals surface area contributed by atoms with E-state index in [2.05, 4.69) is 4.99 Å². The van der Waals surface area contributed by atoms with Gasteiger partial charge in [0.15, 0.2) is 11.5 Å². The molecule has 0 bridgehead atoms. The molecule has 1 unspecified atom stereocenters. The number of aliphatic imine (C=N–C) groups is 1. The van der Waals surface area contributed by atoms with Crippen LogP contribution < -0.4 is 4.74 Å². The van der Waals surface area contributed by atoms with Crippen molar-refractivity contribution in [2.45, 2.75) is 45.6 Å². The van der Waals surface area contributed by atoms with Gasteiger partial charge < -0.3 is 14.6 Å². The Morgan fingerprint density at radius 3 is 2.66 bits per heavy atom. The van der Waals surface area contributed by atoms with Gasteiger partial charge in [-0.3, -0.25) is 9.79 Å². The fourth-order valence-corrected chi connectivity index (χ4v) is 4.54. The Morgan fingerprint density at radius 1 is 1.12 bits per heavy atom. The molecule has 2 atom stereocenters. The Balaban J connectivity index is 1.74. The molecule has 4 rings (SSSR count). The van der Waals surface area contributed by atoms with Gasteiger partial charge in [-0.05, 0) is 49.9 Å². The monoisotopic (exact) mass is 433 g/mol. The Morgan fingerprint density at radius 2 is 1.91 bits per heavy atom. The summed E-state index contributed by atoms with van der Waals surface area (Å²) in [6, 6.07) is 14.5. The molecule has 0 radical (unpaired) electrons. The van der Waals surface area contributed by atoms with E-state index in [0.717, 1.165) is 29.7 Å². The number of benzene rings is 2. The van der Waals surface area contributed by atoms with Crippen LogP contribution in [0.1, 0.15) is 50.2 Å². The van der Waals surface area contributed by atoms with Crippen LogP contribution in [-0.2, 0) is 20.9 Å². The average Bonchev–Trinajstić information content (AvgIpc) is 2.79. The SMILES string of the molecule is CCOc1cc([C@H]2C(C(=O)OCc3ccccc3)=C(C)N=C3CCCC(=O)C32)ccc1O. The molecule has 1 aliphatic carbocycles. The number of rotatable bonds is 6. The summed E-state index contributed by atoms with van der Waals surface area (Å²) in [4.78, 5) is 30.9. The summed E-state index contributed by atoms with van der Waals surface area (Å²) in [5.74, 6) is -1.10. The minimum atomic E-state index is -0.529. The third kappa shape index (κ3) is 4.31. The number of Topliss-reactive ketones (excluding diaryl/α,β-unsaturated/α-hetero) is 1. The van der Waals surface area contributed by atoms with Crippen molar-refractivity contribution in [1.29, 1.82) is 0 Å². The van der Waals surface area contributed by atoms with E-state index in [4.69, 9.17) is 9.47 Å². The second-order valence-corrected chi connectivity index (χ2v) is 8.10. The number of hydrogen-bond acceptors (Lipinski definition) is 6. The van der Waals surface area contributed by atoms with Gasteiger partial charge in [0.25, 0.3) is 0 Å². The smallest absolute Gasteiger partial charge is 0.336 e. The first kappa shape index (κ1) is 21.8. The quantitative estimate of drug-likeness (QED) is 0.667. The third-order valence-electron chi connectivity index (χ3n) is 5.98. The van der Waals surface area contributed by atoms with Gasteiger partial charge in [-0.25, -0.2) is 4.79 Å². The number of phenols is 1. The zero-order valence-corrected chi connectivity index (χ0v) is 18.3. The number of carbonyl (C=O) groups excluding carboxylic acids is 2. The lowest BCUT2D eigenvalue weighted by molar-refractivity contribution is -0.140. The number of carbonyl (C=O) groups is 2. The van der Waals surface area contributed by atoms with Gasteiger partial charge in [0.1, 0.15) is 12.4 Å². The first-order chi connectivity index (χ1) is 15.5. The summed E-state index contributed by atoms with van der Waals surface area (Å²) in [6.45, 7) is 4.15. The maximum atomic E-state index is 13.3. The summed E-state index contributed by atoms with van der Waals surface area (Å²) >= 11 is 0. The highest BCUT2D eigenvalue weighted by Crippen LogP contribution is 2.44. The lowest BCUT2D eigenvalue weighted by Crippen LogP contribution is -2.39. The highest BCUT2D eigenvalue weighted by atomic mass is 16.5. The van der Waals surface area contributed by atoms with E-state index in [0.29, 0.717) is 30.0 Å². The molecule has 1 N–H and O–H groups in total. The Kier molecular flexibility index (Phi) is 6.40. The van der Waals surface area contributed by atoms with Crippen LogP contribution >= 0.6 is 0 Å². The van der Waals surface area contributed by atoms with E-state index in [1.807, 2.05) is 37.3 Å². The zero-order valence-electron chi connectivity index (χ0n) is 18.3. The molecule has 1 aliphatic heterocycles. The number of fused-ring (bicyclic) bond motifs is 1. The number of aromatic hydroxyl groups is 1. The standard InChI is InChI=1S/C26H27NO5/c1-3-31-22-14-18(12-13-20(22)28)24-23(26(30)32-15-17-8-5-4-6-9-17)16(2)27-19-10-7-11-21(29)25(19)24/h4-6,8-9,12-14,24-25,28H,3,7,10-11,15H2,1-2H3/t24-,25?/m0/s1. The molecule has 32 heavy (non-hydrogen) atoms. The van der Waals surface area contributed by atoms with Crippen molar-refractivity contribution in [3.05, 3.63) is 70.9 Å². The van der Waals surface area contributed by atoms with Crippen LogP contribution in [-0.4, -0.2) is 29.2 Å². The number of nitrogens with zero attached hydrogens (tertiary/aromatic N) is 1. The lowest BCUT2D eigenvalue weighted by Gasteiger charge is -2.35. The van der Waals surface area contributed by atoms with Gasteiger partial charge in [-0.2, -0.15) is 0 Å². The second-order valence-electron chi connectivity index (χ2n) is 8.10. The molecule has 0 spiro atoms. The minimum Gasteiger partial charge on any atom is -0.504 e. The number of ketones is 1. The van der Waals surface area contributed by atoms with Gasteiger partial charge in [0.2, 0.25) is 0 Å². The Labute approximate surface area is 187 Å². The zero-order chi connectivity index (χ0) is 22.7. The fraction of sp³-hybridized carbons (Fsp3) is 0.346. The van der Waals surface area contributed by atoms with Crippen molar-refractivity contribution in [1.82, 2.24) is 0 Å². The van der Waals surface area contributed by atoms with E-state index < -0.39 is 17.8 Å². The number of ether oxygens (including phenoxy) is 2. The Bertz CT molecular complexity index is 1090. The van der Waals surface area contributed by atoms with E-state index in [1.165, 1.54) is 0 Å². The number of esters is 1. The minimum absolute atomic E-state index is 0.0178. The fourth-order valence-electron chi connectivity index (χ4n) is 4.54. The van der Waals surface area contributed by atoms with Crippen LogP contribution in [0.5, 0.6) is 11.5 Å². The van der Waals surface area contributed by atoms with Crippen LogP contribution in [0.4, 0.5) is 0 Å². The summed E-state index contributed by atoms with van der Waals surface area (Å²) in [5.41, 5.74) is 3.38. The topological polar surface area (TPSA) is 85.2 Å². The molecule has 6 nitrogen and oxygen atoms in total. The predicted octanol–water partition coefficient (Wildman–Crippen LogP) is 4.72. The van der Waals surface area contributed by atoms with E-state index in [9.17, 15) is 14.7 Å². The highest BCUT2D eigenvalue weighted by molar-refractivity contribution is 6.11. The average molecular weight is 434 g/mol. The van der Waals surface area contributed by atoms with Crippen LogP contribution in [0.3, 0.4) is 0 Å². The first-order valence-corrected chi connectivity index (χ1v) is 11.0. The number of phenolic OH excluding ortho intramolecular Hbond substituents is 1. The molecule has 2 aromatic carbocycles. The van der Waals surface area contributed by atoms with E-state index in [1.54, 1.807) is 25.1 Å². The molecule has 0 aromatic heterocycles. The van der Waals surface area contributed by atoms with Crippen molar-refractivity contribution in [3.63, 3.8) is 0 Å². The van der Waals surface area contributed by atoms with Crippen LogP contribution in [0.2, 0.25) is 0 Å². The summed E-state index contributed by atoms with van der Waals surface area (Å²) in [7, 11) is 0.